The third-order valence-corrected chi connectivity index (χ3v) is 4.39. The maximum absolute atomic E-state index is 12.6. The number of aromatic nitrogens is 2. The number of carbonyl (C=O) groups excluding carboxylic acids is 2. The van der Waals surface area contributed by atoms with Crippen LogP contribution >= 0.6 is 0 Å². The van der Waals surface area contributed by atoms with E-state index in [-0.39, 0.29) is 18.6 Å². The second kappa shape index (κ2) is 7.83. The minimum atomic E-state index is -0.521. The molecule has 0 spiro atoms. The first-order valence-corrected chi connectivity index (χ1v) is 8.43. The smallest absolute Gasteiger partial charge is 0.260 e. The molecule has 7 heteroatoms. The molecule has 1 aromatic heterocycles. The van der Waals surface area contributed by atoms with Crippen LogP contribution in [0, 0.1) is 0 Å². The summed E-state index contributed by atoms with van der Waals surface area (Å²) in [5, 5.41) is 4.23. The van der Waals surface area contributed by atoms with Crippen LogP contribution < -0.4 is 10.5 Å². The third kappa shape index (κ3) is 4.37. The van der Waals surface area contributed by atoms with E-state index in [1.807, 2.05) is 21.8 Å². The van der Waals surface area contributed by atoms with Gasteiger partial charge < -0.3 is 15.4 Å². The minimum absolute atomic E-state index is 0.0543. The van der Waals surface area contributed by atoms with Crippen LogP contribution in [-0.4, -0.2) is 45.7 Å². The summed E-state index contributed by atoms with van der Waals surface area (Å²) in [4.78, 5) is 25.7. The Balaban J connectivity index is 1.60. The molecule has 1 saturated heterocycles. The van der Waals surface area contributed by atoms with E-state index in [2.05, 4.69) is 5.10 Å². The molecule has 0 saturated carbocycles. The highest BCUT2D eigenvalue weighted by molar-refractivity contribution is 5.93. The van der Waals surface area contributed by atoms with Crippen LogP contribution in [0.25, 0.3) is 0 Å². The molecule has 2 amide bonds. The Morgan fingerprint density at radius 3 is 2.92 bits per heavy atom. The third-order valence-electron chi connectivity index (χ3n) is 4.39. The Morgan fingerprint density at radius 1 is 1.28 bits per heavy atom. The fourth-order valence-electron chi connectivity index (χ4n) is 3.11. The summed E-state index contributed by atoms with van der Waals surface area (Å²) < 4.78 is 7.43. The van der Waals surface area contributed by atoms with Crippen molar-refractivity contribution in [3.63, 3.8) is 0 Å². The zero-order valence-corrected chi connectivity index (χ0v) is 14.0. The van der Waals surface area contributed by atoms with E-state index >= 15 is 0 Å². The predicted molar refractivity (Wildman–Crippen MR) is 92.0 cm³/mol. The van der Waals surface area contributed by atoms with Crippen molar-refractivity contribution in [1.29, 1.82) is 0 Å². The molecule has 0 radical (unpaired) electrons. The molecule has 2 aromatic rings. The molecule has 1 aliphatic rings. The summed E-state index contributed by atoms with van der Waals surface area (Å²) in [6.45, 7) is 1.36. The number of piperidine rings is 1. The van der Waals surface area contributed by atoms with Gasteiger partial charge in [-0.25, -0.2) is 0 Å². The number of hydrogen-bond donors (Lipinski definition) is 1. The molecular formula is C18H22N4O3. The number of nitrogens with zero attached hydrogens (tertiary/aromatic N) is 3. The van der Waals surface area contributed by atoms with Crippen LogP contribution in [-0.2, 0) is 11.3 Å². The molecule has 3 rings (SSSR count). The summed E-state index contributed by atoms with van der Waals surface area (Å²) in [6, 6.07) is 8.55. The summed E-state index contributed by atoms with van der Waals surface area (Å²) in [6.07, 6.45) is 6.71. The van der Waals surface area contributed by atoms with E-state index < -0.39 is 5.91 Å². The number of benzene rings is 1. The van der Waals surface area contributed by atoms with Crippen molar-refractivity contribution < 1.29 is 14.3 Å². The van der Waals surface area contributed by atoms with Gasteiger partial charge in [-0.1, -0.05) is 6.07 Å². The van der Waals surface area contributed by atoms with Crippen molar-refractivity contribution in [2.24, 2.45) is 5.73 Å². The number of nitrogens with two attached hydrogens (primary N) is 1. The van der Waals surface area contributed by atoms with Crippen molar-refractivity contribution in [3.8, 4) is 5.75 Å². The standard InChI is InChI=1S/C18H22N4O3/c19-18(24)14-5-3-7-16(11-14)25-13-17(23)22-10-2-1-6-15(22)12-21-9-4-8-20-21/h3-5,7-9,11,15H,1-2,6,10,12-13H2,(H2,19,24). The lowest BCUT2D eigenvalue weighted by atomic mass is 10.0. The maximum Gasteiger partial charge on any atom is 0.260 e. The number of ether oxygens (including phenoxy) is 1. The SMILES string of the molecule is NC(=O)c1cccc(OCC(=O)N2CCCCC2Cn2cccn2)c1. The molecule has 1 atom stereocenters. The second-order valence-corrected chi connectivity index (χ2v) is 6.15. The molecule has 132 valence electrons. The highest BCUT2D eigenvalue weighted by atomic mass is 16.5. The summed E-state index contributed by atoms with van der Waals surface area (Å²) in [5.74, 6) is -0.112. The zero-order valence-electron chi connectivity index (χ0n) is 14.0. The summed E-state index contributed by atoms with van der Waals surface area (Å²) in [5.41, 5.74) is 5.62. The maximum atomic E-state index is 12.6. The molecule has 0 aliphatic carbocycles. The number of likely N-dealkylation sites (tertiary alicyclic amines) is 1. The largest absolute Gasteiger partial charge is 0.484 e. The molecule has 1 aliphatic heterocycles. The average Bonchev–Trinajstić information content (AvgIpc) is 3.13. The van der Waals surface area contributed by atoms with Gasteiger partial charge in [0, 0.05) is 24.5 Å². The zero-order chi connectivity index (χ0) is 17.6. The van der Waals surface area contributed by atoms with Crippen molar-refractivity contribution in [1.82, 2.24) is 14.7 Å². The minimum Gasteiger partial charge on any atom is -0.484 e. The number of carbonyl (C=O) groups is 2. The highest BCUT2D eigenvalue weighted by Crippen LogP contribution is 2.19. The Hall–Kier alpha value is -2.83. The van der Waals surface area contributed by atoms with E-state index in [1.54, 1.807) is 30.5 Å². The van der Waals surface area contributed by atoms with Crippen molar-refractivity contribution in [2.45, 2.75) is 31.8 Å². The van der Waals surface area contributed by atoms with Gasteiger partial charge in [0.05, 0.1) is 12.6 Å². The lowest BCUT2D eigenvalue weighted by molar-refractivity contribution is -0.137. The van der Waals surface area contributed by atoms with E-state index in [9.17, 15) is 9.59 Å². The molecule has 2 N–H and O–H groups in total. The molecule has 1 unspecified atom stereocenters. The molecule has 2 heterocycles. The van der Waals surface area contributed by atoms with Crippen molar-refractivity contribution in [3.05, 3.63) is 48.3 Å². The van der Waals surface area contributed by atoms with Gasteiger partial charge in [-0.3, -0.25) is 14.3 Å². The lowest BCUT2D eigenvalue weighted by Gasteiger charge is -2.35. The van der Waals surface area contributed by atoms with E-state index in [1.165, 1.54) is 0 Å². The van der Waals surface area contributed by atoms with Gasteiger partial charge in [0.2, 0.25) is 5.91 Å². The first-order chi connectivity index (χ1) is 12.1. The Morgan fingerprint density at radius 2 is 2.16 bits per heavy atom. The molecule has 1 fully saturated rings. The summed E-state index contributed by atoms with van der Waals surface area (Å²) in [7, 11) is 0. The Kier molecular flexibility index (Phi) is 5.33. The first-order valence-electron chi connectivity index (χ1n) is 8.43. The molecular weight excluding hydrogens is 320 g/mol. The molecule has 0 bridgehead atoms. The monoisotopic (exact) mass is 342 g/mol. The summed E-state index contributed by atoms with van der Waals surface area (Å²) >= 11 is 0. The Bertz CT molecular complexity index is 730. The number of hydrogen-bond acceptors (Lipinski definition) is 4. The van der Waals surface area contributed by atoms with Gasteiger partial charge in [-0.2, -0.15) is 5.10 Å². The van der Waals surface area contributed by atoms with Crippen LogP contribution in [0.15, 0.2) is 42.7 Å². The Labute approximate surface area is 146 Å². The molecule has 1 aromatic carbocycles. The lowest BCUT2D eigenvalue weighted by Crippen LogP contribution is -2.47. The fourth-order valence-corrected chi connectivity index (χ4v) is 3.11. The second-order valence-electron chi connectivity index (χ2n) is 6.15. The number of rotatable bonds is 6. The van der Waals surface area contributed by atoms with Crippen LogP contribution in [0.2, 0.25) is 0 Å². The number of primary amides is 1. The number of amides is 2. The van der Waals surface area contributed by atoms with Gasteiger partial charge in [-0.15, -0.1) is 0 Å². The van der Waals surface area contributed by atoms with Gasteiger partial charge in [0.25, 0.3) is 5.91 Å². The first kappa shape index (κ1) is 17.0. The fraction of sp³-hybridized carbons (Fsp3) is 0.389. The van der Waals surface area contributed by atoms with E-state index in [0.717, 1.165) is 25.8 Å². The predicted octanol–water partition coefficient (Wildman–Crippen LogP) is 1.44. The quantitative estimate of drug-likeness (QED) is 0.860. The van der Waals surface area contributed by atoms with E-state index in [0.29, 0.717) is 17.9 Å². The van der Waals surface area contributed by atoms with E-state index in [4.69, 9.17) is 10.5 Å². The van der Waals surface area contributed by atoms with Crippen LogP contribution in [0.3, 0.4) is 0 Å². The normalized spacial score (nSPS) is 17.3. The average molecular weight is 342 g/mol. The van der Waals surface area contributed by atoms with Gasteiger partial charge >= 0.3 is 0 Å². The van der Waals surface area contributed by atoms with Crippen LogP contribution in [0.5, 0.6) is 5.75 Å². The topological polar surface area (TPSA) is 90.5 Å². The molecule has 25 heavy (non-hydrogen) atoms. The van der Waals surface area contributed by atoms with Crippen LogP contribution in [0.4, 0.5) is 0 Å². The molecule has 7 nitrogen and oxygen atoms in total. The van der Waals surface area contributed by atoms with Crippen molar-refractivity contribution in [2.75, 3.05) is 13.2 Å². The van der Waals surface area contributed by atoms with Crippen LogP contribution in [0.1, 0.15) is 29.6 Å². The van der Waals surface area contributed by atoms with Crippen molar-refractivity contribution >= 4 is 11.8 Å². The van der Waals surface area contributed by atoms with Gasteiger partial charge in [-0.05, 0) is 43.5 Å². The highest BCUT2D eigenvalue weighted by Gasteiger charge is 2.27. The van der Waals surface area contributed by atoms with Gasteiger partial charge in [0.15, 0.2) is 6.61 Å². The van der Waals surface area contributed by atoms with Gasteiger partial charge in [0.1, 0.15) is 5.75 Å².